The monoisotopic (exact) mass is 539 g/mol. The molecule has 1 saturated carbocycles. The smallest absolute Gasteiger partial charge is 0.247 e. The van der Waals surface area contributed by atoms with E-state index in [2.05, 4.69) is 10.3 Å². The Bertz CT molecular complexity index is 1440. The first kappa shape index (κ1) is 27.3. The second-order valence-corrected chi connectivity index (χ2v) is 10.4. The number of amides is 2. The maximum atomic E-state index is 14.2. The molecular formula is C33H37N3O4. The molecule has 208 valence electrons. The van der Waals surface area contributed by atoms with E-state index in [1.807, 2.05) is 66.9 Å². The minimum atomic E-state index is -0.848. The van der Waals surface area contributed by atoms with Crippen molar-refractivity contribution in [1.82, 2.24) is 15.2 Å². The second kappa shape index (κ2) is 12.7. The second-order valence-electron chi connectivity index (χ2n) is 10.4. The molecule has 1 atom stereocenters. The lowest BCUT2D eigenvalue weighted by Gasteiger charge is -2.34. The highest BCUT2D eigenvalue weighted by Crippen LogP contribution is 2.34. The van der Waals surface area contributed by atoms with Gasteiger partial charge in [-0.2, -0.15) is 0 Å². The molecule has 0 bridgehead atoms. The molecule has 40 heavy (non-hydrogen) atoms. The molecule has 1 aromatic heterocycles. The van der Waals surface area contributed by atoms with E-state index in [1.54, 1.807) is 31.3 Å². The van der Waals surface area contributed by atoms with Gasteiger partial charge in [0.25, 0.3) is 0 Å². The summed E-state index contributed by atoms with van der Waals surface area (Å²) in [5.41, 5.74) is 3.50. The van der Waals surface area contributed by atoms with Gasteiger partial charge in [-0.25, -0.2) is 0 Å². The number of H-pyrrole nitrogens is 1. The van der Waals surface area contributed by atoms with Crippen LogP contribution in [0.2, 0.25) is 0 Å². The predicted molar refractivity (Wildman–Crippen MR) is 156 cm³/mol. The van der Waals surface area contributed by atoms with Gasteiger partial charge < -0.3 is 24.7 Å². The Labute approximate surface area is 235 Å². The fourth-order valence-corrected chi connectivity index (χ4v) is 5.67. The number of carbonyl (C=O) groups is 2. The molecule has 5 rings (SSSR count). The highest BCUT2D eigenvalue weighted by Gasteiger charge is 2.34. The van der Waals surface area contributed by atoms with Crippen LogP contribution in [0.3, 0.4) is 0 Å². The van der Waals surface area contributed by atoms with Crippen LogP contribution in [0.1, 0.15) is 54.8 Å². The average molecular weight is 540 g/mol. The summed E-state index contributed by atoms with van der Waals surface area (Å²) in [4.78, 5) is 33.3. The zero-order valence-corrected chi connectivity index (χ0v) is 23.2. The number of aromatic amines is 1. The van der Waals surface area contributed by atoms with E-state index >= 15 is 0 Å². The van der Waals surface area contributed by atoms with Crippen molar-refractivity contribution in [2.24, 2.45) is 0 Å². The molecule has 0 unspecified atom stereocenters. The number of hydrogen-bond acceptors (Lipinski definition) is 4. The van der Waals surface area contributed by atoms with Gasteiger partial charge in [-0.1, -0.05) is 73.9 Å². The number of methoxy groups -OCH3 is 2. The molecular weight excluding hydrogens is 502 g/mol. The lowest BCUT2D eigenvalue weighted by molar-refractivity contribution is -0.141. The summed E-state index contributed by atoms with van der Waals surface area (Å²) in [6.45, 7) is 0.291. The van der Waals surface area contributed by atoms with Gasteiger partial charge in [0.2, 0.25) is 11.8 Å². The van der Waals surface area contributed by atoms with Crippen LogP contribution in [0.25, 0.3) is 10.9 Å². The molecule has 0 spiro atoms. The first-order valence-electron chi connectivity index (χ1n) is 14.0. The van der Waals surface area contributed by atoms with Crippen LogP contribution in [-0.4, -0.2) is 42.0 Å². The summed E-state index contributed by atoms with van der Waals surface area (Å²) in [6, 6.07) is 22.5. The number of aromatic nitrogens is 1. The highest BCUT2D eigenvalue weighted by atomic mass is 16.5. The summed E-state index contributed by atoms with van der Waals surface area (Å²) in [5.74, 6) is 0.770. The third-order valence-electron chi connectivity index (χ3n) is 7.77. The molecule has 3 aromatic carbocycles. The van der Waals surface area contributed by atoms with Crippen LogP contribution >= 0.6 is 0 Å². The molecule has 0 aliphatic heterocycles. The van der Waals surface area contributed by atoms with Crippen LogP contribution < -0.4 is 14.8 Å². The normalized spacial score (nSPS) is 14.4. The Morgan fingerprint density at radius 2 is 1.65 bits per heavy atom. The van der Waals surface area contributed by atoms with Gasteiger partial charge in [-0.3, -0.25) is 9.59 Å². The SMILES string of the molecule is COc1ccc([C@@H](C(=O)NC2CCCCC2)N(Cc2ccccc2)C(=O)Cc2c[nH]c3ccccc23)cc1OC. The molecule has 1 aliphatic rings. The van der Waals surface area contributed by atoms with E-state index in [0.29, 0.717) is 23.6 Å². The van der Waals surface area contributed by atoms with Gasteiger partial charge in [-0.05, 0) is 47.7 Å². The fourth-order valence-electron chi connectivity index (χ4n) is 5.67. The number of carbonyl (C=O) groups excluding carboxylic acids is 2. The fraction of sp³-hybridized carbons (Fsp3) is 0.333. The first-order chi connectivity index (χ1) is 19.6. The summed E-state index contributed by atoms with van der Waals surface area (Å²) in [7, 11) is 3.15. The van der Waals surface area contributed by atoms with Crippen LogP contribution in [0.5, 0.6) is 11.5 Å². The quantitative estimate of drug-likeness (QED) is 0.261. The van der Waals surface area contributed by atoms with E-state index in [0.717, 1.165) is 47.7 Å². The van der Waals surface area contributed by atoms with E-state index in [9.17, 15) is 9.59 Å². The van der Waals surface area contributed by atoms with E-state index in [1.165, 1.54) is 6.42 Å². The highest BCUT2D eigenvalue weighted by molar-refractivity contribution is 5.92. The van der Waals surface area contributed by atoms with Crippen molar-refractivity contribution < 1.29 is 19.1 Å². The van der Waals surface area contributed by atoms with Gasteiger partial charge in [0.05, 0.1) is 20.6 Å². The van der Waals surface area contributed by atoms with Gasteiger partial charge in [0.1, 0.15) is 6.04 Å². The van der Waals surface area contributed by atoms with Gasteiger partial charge in [0.15, 0.2) is 11.5 Å². The van der Waals surface area contributed by atoms with Crippen molar-refractivity contribution in [2.75, 3.05) is 14.2 Å². The Morgan fingerprint density at radius 1 is 0.925 bits per heavy atom. The number of ether oxygens (including phenoxy) is 2. The van der Waals surface area contributed by atoms with Crippen molar-refractivity contribution in [1.29, 1.82) is 0 Å². The summed E-state index contributed by atoms with van der Waals surface area (Å²) >= 11 is 0. The maximum absolute atomic E-state index is 14.2. The van der Waals surface area contributed by atoms with Crippen molar-refractivity contribution in [3.05, 3.63) is 95.7 Å². The zero-order chi connectivity index (χ0) is 27.9. The number of para-hydroxylation sites is 1. The number of nitrogens with one attached hydrogen (secondary N) is 2. The molecule has 1 fully saturated rings. The van der Waals surface area contributed by atoms with Crippen LogP contribution in [0.4, 0.5) is 0 Å². The Kier molecular flexibility index (Phi) is 8.69. The summed E-state index contributed by atoms with van der Waals surface area (Å²) in [5, 5.41) is 4.29. The maximum Gasteiger partial charge on any atom is 0.247 e. The Balaban J connectivity index is 1.55. The molecule has 2 amide bonds. The third kappa shape index (κ3) is 6.14. The molecule has 1 heterocycles. The van der Waals surface area contributed by atoms with E-state index in [4.69, 9.17) is 9.47 Å². The van der Waals surface area contributed by atoms with Gasteiger partial charge >= 0.3 is 0 Å². The number of hydrogen-bond donors (Lipinski definition) is 2. The van der Waals surface area contributed by atoms with Crippen molar-refractivity contribution in [3.8, 4) is 11.5 Å². The molecule has 0 radical (unpaired) electrons. The van der Waals surface area contributed by atoms with Crippen LogP contribution in [-0.2, 0) is 22.6 Å². The van der Waals surface area contributed by atoms with Crippen LogP contribution in [0, 0.1) is 0 Å². The number of rotatable bonds is 10. The summed E-state index contributed by atoms with van der Waals surface area (Å²) in [6.07, 6.45) is 7.33. The third-order valence-corrected chi connectivity index (χ3v) is 7.77. The van der Waals surface area contributed by atoms with Crippen molar-refractivity contribution >= 4 is 22.7 Å². The lowest BCUT2D eigenvalue weighted by Crippen LogP contribution is -2.47. The molecule has 4 aromatic rings. The Morgan fingerprint density at radius 3 is 2.40 bits per heavy atom. The number of benzene rings is 3. The van der Waals surface area contributed by atoms with E-state index < -0.39 is 6.04 Å². The largest absolute Gasteiger partial charge is 0.493 e. The standard InChI is InChI=1S/C33H37N3O4/c1-39-29-18-17-24(19-30(29)40-2)32(33(38)35-26-13-7-4-8-14-26)36(22-23-11-5-3-6-12-23)31(37)20-25-21-34-28-16-10-9-15-27(25)28/h3,5-6,9-12,15-19,21,26,32,34H,4,7-8,13-14,20,22H2,1-2H3,(H,35,38)/t32-/m0/s1. The van der Waals surface area contributed by atoms with Gasteiger partial charge in [0, 0.05) is 29.7 Å². The number of nitrogens with zero attached hydrogens (tertiary/aromatic N) is 1. The topological polar surface area (TPSA) is 83.7 Å². The van der Waals surface area contributed by atoms with Gasteiger partial charge in [-0.15, -0.1) is 0 Å². The minimum Gasteiger partial charge on any atom is -0.493 e. The molecule has 0 saturated heterocycles. The zero-order valence-electron chi connectivity index (χ0n) is 23.2. The summed E-state index contributed by atoms with van der Waals surface area (Å²) < 4.78 is 11.0. The molecule has 7 heteroatoms. The Hall–Kier alpha value is -4.26. The van der Waals surface area contributed by atoms with Crippen molar-refractivity contribution in [3.63, 3.8) is 0 Å². The lowest BCUT2D eigenvalue weighted by atomic mass is 9.94. The minimum absolute atomic E-state index is 0.103. The molecule has 2 N–H and O–H groups in total. The first-order valence-corrected chi connectivity index (χ1v) is 14.0. The molecule has 1 aliphatic carbocycles. The average Bonchev–Trinajstić information content (AvgIpc) is 3.40. The van der Waals surface area contributed by atoms with E-state index in [-0.39, 0.29) is 24.3 Å². The number of fused-ring (bicyclic) bond motifs is 1. The predicted octanol–water partition coefficient (Wildman–Crippen LogP) is 5.95. The van der Waals surface area contributed by atoms with Crippen molar-refractivity contribution in [2.45, 2.75) is 57.2 Å². The van der Waals surface area contributed by atoms with Crippen LogP contribution in [0.15, 0.2) is 79.0 Å². The molecule has 7 nitrogen and oxygen atoms in total.